The summed E-state index contributed by atoms with van der Waals surface area (Å²) in [5.74, 6) is 0.332. The van der Waals surface area contributed by atoms with Gasteiger partial charge in [-0.25, -0.2) is 4.98 Å². The van der Waals surface area contributed by atoms with Crippen LogP contribution in [-0.4, -0.2) is 14.9 Å². The third-order valence-corrected chi connectivity index (χ3v) is 4.84. The Hall–Kier alpha value is -3.19. The molecule has 3 rings (SSSR count). The van der Waals surface area contributed by atoms with Crippen molar-refractivity contribution in [3.05, 3.63) is 74.0 Å². The minimum Gasteiger partial charge on any atom is -0.434 e. The molecule has 0 radical (unpaired) electrons. The van der Waals surface area contributed by atoms with Gasteiger partial charge >= 0.3 is 11.6 Å². The summed E-state index contributed by atoms with van der Waals surface area (Å²) in [5.41, 5.74) is 3.96. The number of aryl methyl sites for hydroxylation is 4. The van der Waals surface area contributed by atoms with E-state index < -0.39 is 4.92 Å². The first-order chi connectivity index (χ1) is 13.3. The highest BCUT2D eigenvalue weighted by Crippen LogP contribution is 2.37. The molecule has 28 heavy (non-hydrogen) atoms. The molecular weight excluding hydrogens is 380 g/mol. The van der Waals surface area contributed by atoms with Crippen LogP contribution in [0.15, 0.2) is 36.7 Å². The van der Waals surface area contributed by atoms with Gasteiger partial charge in [-0.1, -0.05) is 23.7 Å². The maximum absolute atomic E-state index is 11.7. The summed E-state index contributed by atoms with van der Waals surface area (Å²) in [6.45, 7) is 7.53. The number of nitrogens with one attached hydrogen (secondary N) is 1. The molecule has 0 bridgehead atoms. The zero-order chi connectivity index (χ0) is 20.4. The highest BCUT2D eigenvalue weighted by molar-refractivity contribution is 6.32. The van der Waals surface area contributed by atoms with Crippen molar-refractivity contribution in [3.63, 3.8) is 0 Å². The Morgan fingerprint density at radius 1 is 1.04 bits per heavy atom. The minimum absolute atomic E-state index is 0.0612. The lowest BCUT2D eigenvalue weighted by Gasteiger charge is -2.12. The highest BCUT2D eigenvalue weighted by atomic mass is 35.5. The number of benzene rings is 2. The van der Waals surface area contributed by atoms with Crippen LogP contribution in [0, 0.1) is 37.8 Å². The van der Waals surface area contributed by atoms with Gasteiger partial charge in [0.1, 0.15) is 12.1 Å². The van der Waals surface area contributed by atoms with Crippen LogP contribution in [-0.2, 0) is 0 Å². The SMILES string of the molecule is Cc1ccc(C)c(Nc2ncnc(Oc3cc(C)c(Cl)c(C)c3)c2[N+](=O)[O-])c1. The van der Waals surface area contributed by atoms with Crippen LogP contribution in [0.4, 0.5) is 17.2 Å². The Bertz CT molecular complexity index is 1050. The van der Waals surface area contributed by atoms with E-state index in [1.807, 2.05) is 45.9 Å². The lowest BCUT2D eigenvalue weighted by atomic mass is 10.1. The van der Waals surface area contributed by atoms with Gasteiger partial charge in [0.15, 0.2) is 0 Å². The molecule has 1 N–H and O–H groups in total. The second-order valence-corrected chi connectivity index (χ2v) is 6.93. The Morgan fingerprint density at radius 2 is 1.71 bits per heavy atom. The van der Waals surface area contributed by atoms with Crippen LogP contribution in [0.1, 0.15) is 22.3 Å². The highest BCUT2D eigenvalue weighted by Gasteiger charge is 2.26. The van der Waals surface area contributed by atoms with E-state index in [4.69, 9.17) is 16.3 Å². The largest absolute Gasteiger partial charge is 0.434 e. The molecular formula is C20H19ClN4O3. The summed E-state index contributed by atoms with van der Waals surface area (Å²) in [4.78, 5) is 19.2. The summed E-state index contributed by atoms with van der Waals surface area (Å²) in [6, 6.07) is 9.21. The smallest absolute Gasteiger partial charge is 0.373 e. The van der Waals surface area contributed by atoms with Gasteiger partial charge in [-0.15, -0.1) is 0 Å². The minimum atomic E-state index is -0.557. The van der Waals surface area contributed by atoms with Gasteiger partial charge in [0.25, 0.3) is 0 Å². The summed E-state index contributed by atoms with van der Waals surface area (Å²) in [6.07, 6.45) is 1.23. The molecule has 0 saturated carbocycles. The van der Waals surface area contributed by atoms with Crippen LogP contribution < -0.4 is 10.1 Å². The standard InChI is InChI=1S/C20H19ClN4O3/c1-11-5-6-12(2)16(7-11)24-19-18(25(26)27)20(23-10-22-19)28-15-8-13(3)17(21)14(4)9-15/h5-10H,1-4H3,(H,22,23,24). The van der Waals surface area contributed by atoms with Crippen LogP contribution in [0.5, 0.6) is 11.6 Å². The normalized spacial score (nSPS) is 10.6. The van der Waals surface area contributed by atoms with Gasteiger partial charge in [-0.2, -0.15) is 4.98 Å². The predicted molar refractivity (Wildman–Crippen MR) is 109 cm³/mol. The molecule has 0 aliphatic carbocycles. The third-order valence-electron chi connectivity index (χ3n) is 4.24. The van der Waals surface area contributed by atoms with Crippen molar-refractivity contribution in [3.8, 4) is 11.6 Å². The van der Waals surface area contributed by atoms with Crippen molar-refractivity contribution < 1.29 is 9.66 Å². The number of nitro groups is 1. The third kappa shape index (κ3) is 4.04. The first-order valence-electron chi connectivity index (χ1n) is 8.54. The number of rotatable bonds is 5. The van der Waals surface area contributed by atoms with Crippen LogP contribution in [0.3, 0.4) is 0 Å². The molecule has 0 amide bonds. The lowest BCUT2D eigenvalue weighted by Crippen LogP contribution is -2.04. The second-order valence-electron chi connectivity index (χ2n) is 6.55. The molecule has 1 heterocycles. The molecule has 1 aromatic heterocycles. The van der Waals surface area contributed by atoms with E-state index in [9.17, 15) is 10.1 Å². The number of aromatic nitrogens is 2. The van der Waals surface area contributed by atoms with Crippen molar-refractivity contribution in [1.29, 1.82) is 0 Å². The van der Waals surface area contributed by atoms with Gasteiger partial charge in [-0.3, -0.25) is 10.1 Å². The van der Waals surface area contributed by atoms with Crippen molar-refractivity contribution >= 4 is 28.8 Å². The molecule has 8 heteroatoms. The summed E-state index contributed by atoms with van der Waals surface area (Å²) in [7, 11) is 0. The van der Waals surface area contributed by atoms with E-state index in [-0.39, 0.29) is 17.4 Å². The number of hydrogen-bond donors (Lipinski definition) is 1. The summed E-state index contributed by atoms with van der Waals surface area (Å²) < 4.78 is 5.73. The second kappa shape index (κ2) is 7.82. The quantitative estimate of drug-likeness (QED) is 0.431. The lowest BCUT2D eigenvalue weighted by molar-refractivity contribution is -0.385. The van der Waals surface area contributed by atoms with Crippen LogP contribution in [0.25, 0.3) is 0 Å². The first-order valence-corrected chi connectivity index (χ1v) is 8.92. The molecule has 144 valence electrons. The average molecular weight is 399 g/mol. The predicted octanol–water partition coefficient (Wildman–Crippen LogP) is 5.81. The van der Waals surface area contributed by atoms with Gasteiger partial charge in [0.2, 0.25) is 5.82 Å². The fraction of sp³-hybridized carbons (Fsp3) is 0.200. The zero-order valence-corrected chi connectivity index (χ0v) is 16.7. The monoisotopic (exact) mass is 398 g/mol. The molecule has 0 atom stereocenters. The number of halogens is 1. The number of ether oxygens (including phenoxy) is 1. The topological polar surface area (TPSA) is 90.2 Å². The van der Waals surface area contributed by atoms with E-state index in [2.05, 4.69) is 15.3 Å². The van der Waals surface area contributed by atoms with E-state index >= 15 is 0 Å². The molecule has 0 spiro atoms. The van der Waals surface area contributed by atoms with Gasteiger partial charge in [-0.05, 0) is 68.1 Å². The van der Waals surface area contributed by atoms with Crippen LogP contribution in [0.2, 0.25) is 5.02 Å². The molecule has 0 unspecified atom stereocenters. The fourth-order valence-corrected chi connectivity index (χ4v) is 2.88. The van der Waals surface area contributed by atoms with E-state index in [0.717, 1.165) is 27.9 Å². The molecule has 0 aliphatic heterocycles. The zero-order valence-electron chi connectivity index (χ0n) is 15.9. The van der Waals surface area contributed by atoms with E-state index in [0.29, 0.717) is 10.8 Å². The summed E-state index contributed by atoms with van der Waals surface area (Å²) >= 11 is 6.18. The first kappa shape index (κ1) is 19.6. The molecule has 0 saturated heterocycles. The maximum Gasteiger partial charge on any atom is 0.373 e. The van der Waals surface area contributed by atoms with Crippen molar-refractivity contribution in [2.75, 3.05) is 5.32 Å². The molecule has 2 aromatic carbocycles. The summed E-state index contributed by atoms with van der Waals surface area (Å²) in [5, 5.41) is 15.4. The molecule has 0 aliphatic rings. The van der Waals surface area contributed by atoms with Crippen LogP contribution >= 0.6 is 11.6 Å². The molecule has 3 aromatic rings. The Morgan fingerprint density at radius 3 is 2.36 bits per heavy atom. The number of hydrogen-bond acceptors (Lipinski definition) is 6. The van der Waals surface area contributed by atoms with E-state index in [1.165, 1.54) is 6.33 Å². The van der Waals surface area contributed by atoms with Crippen molar-refractivity contribution in [2.45, 2.75) is 27.7 Å². The number of anilines is 2. The van der Waals surface area contributed by atoms with Crippen molar-refractivity contribution in [1.82, 2.24) is 9.97 Å². The van der Waals surface area contributed by atoms with Crippen molar-refractivity contribution in [2.24, 2.45) is 0 Å². The molecule has 7 nitrogen and oxygen atoms in total. The fourth-order valence-electron chi connectivity index (χ4n) is 2.77. The maximum atomic E-state index is 11.7. The van der Waals surface area contributed by atoms with E-state index in [1.54, 1.807) is 12.1 Å². The Labute approximate surface area is 167 Å². The van der Waals surface area contributed by atoms with Gasteiger partial charge in [0, 0.05) is 10.7 Å². The average Bonchev–Trinajstić information content (AvgIpc) is 2.62. The van der Waals surface area contributed by atoms with Gasteiger partial charge < -0.3 is 10.1 Å². The van der Waals surface area contributed by atoms with Gasteiger partial charge in [0.05, 0.1) is 4.92 Å². The Balaban J connectivity index is 2.03. The molecule has 0 fully saturated rings. The number of nitrogens with zero attached hydrogens (tertiary/aromatic N) is 3. The Kier molecular flexibility index (Phi) is 5.46.